The molecule has 0 saturated heterocycles. The number of rotatable bonds is 8. The Bertz CT molecular complexity index is 79.1. The Morgan fingerprint density at radius 3 is 2.50 bits per heavy atom. The molecule has 0 aliphatic rings. The fourth-order valence-electron chi connectivity index (χ4n) is 0.956. The number of hydrogen-bond donors (Lipinski definition) is 0. The molecule has 0 bridgehead atoms. The van der Waals surface area contributed by atoms with Gasteiger partial charge in [-0.25, -0.2) is 0 Å². The second kappa shape index (κ2) is 9.05. The zero-order valence-corrected chi connectivity index (χ0v) is 8.81. The summed E-state index contributed by atoms with van der Waals surface area (Å²) in [6.45, 7) is 9.50. The van der Waals surface area contributed by atoms with E-state index in [1.165, 1.54) is 25.7 Å². The molecule has 0 saturated carbocycles. The molecule has 0 heterocycles. The van der Waals surface area contributed by atoms with Gasteiger partial charge in [0.2, 0.25) is 0 Å². The molecule has 0 amide bonds. The lowest BCUT2D eigenvalue weighted by molar-refractivity contribution is 0.178. The topological polar surface area (TPSA) is 9.23 Å². The maximum atomic E-state index is 5.37. The van der Waals surface area contributed by atoms with Crippen molar-refractivity contribution in [3.05, 3.63) is 6.61 Å². The molecular formula is C11H23O. The molecule has 1 radical (unpaired) electrons. The van der Waals surface area contributed by atoms with Crippen molar-refractivity contribution in [2.75, 3.05) is 6.61 Å². The van der Waals surface area contributed by atoms with Crippen LogP contribution in [0.3, 0.4) is 0 Å². The van der Waals surface area contributed by atoms with E-state index < -0.39 is 0 Å². The summed E-state index contributed by atoms with van der Waals surface area (Å²) in [5, 5.41) is 0. The number of unbranched alkanes of at least 4 members (excludes halogenated alkanes) is 3. The van der Waals surface area contributed by atoms with Gasteiger partial charge in [0.25, 0.3) is 0 Å². The maximum absolute atomic E-state index is 5.37. The Hall–Kier alpha value is -0.0400. The van der Waals surface area contributed by atoms with Gasteiger partial charge in [0, 0.05) is 6.61 Å². The first kappa shape index (κ1) is 12.0. The van der Waals surface area contributed by atoms with E-state index in [1.54, 1.807) is 0 Å². The first-order valence-electron chi connectivity index (χ1n) is 5.20. The highest BCUT2D eigenvalue weighted by Gasteiger charge is 1.94. The molecule has 0 unspecified atom stereocenters. The predicted molar refractivity (Wildman–Crippen MR) is 53.8 cm³/mol. The number of hydrogen-bond acceptors (Lipinski definition) is 1. The van der Waals surface area contributed by atoms with Gasteiger partial charge in [-0.05, 0) is 18.8 Å². The van der Waals surface area contributed by atoms with Crippen molar-refractivity contribution < 1.29 is 4.74 Å². The molecule has 0 rings (SSSR count). The summed E-state index contributed by atoms with van der Waals surface area (Å²) < 4.78 is 5.37. The van der Waals surface area contributed by atoms with Gasteiger partial charge in [-0.1, -0.05) is 40.0 Å². The molecule has 0 spiro atoms. The van der Waals surface area contributed by atoms with Crippen LogP contribution in [0.5, 0.6) is 0 Å². The van der Waals surface area contributed by atoms with Gasteiger partial charge in [0.05, 0.1) is 6.61 Å². The summed E-state index contributed by atoms with van der Waals surface area (Å²) in [5.41, 5.74) is 0. The second-order valence-electron chi connectivity index (χ2n) is 3.73. The van der Waals surface area contributed by atoms with E-state index in [4.69, 9.17) is 4.74 Å². The second-order valence-corrected chi connectivity index (χ2v) is 3.73. The van der Waals surface area contributed by atoms with Crippen LogP contribution in [0.25, 0.3) is 0 Å². The van der Waals surface area contributed by atoms with Crippen molar-refractivity contribution in [1.29, 1.82) is 0 Å². The molecular weight excluding hydrogens is 148 g/mol. The van der Waals surface area contributed by atoms with E-state index in [1.807, 2.05) is 6.61 Å². The minimum Gasteiger partial charge on any atom is -0.376 e. The Labute approximate surface area is 77.5 Å². The van der Waals surface area contributed by atoms with Crippen LogP contribution in [0, 0.1) is 12.5 Å². The van der Waals surface area contributed by atoms with Crippen LogP contribution >= 0.6 is 0 Å². The zero-order chi connectivity index (χ0) is 9.23. The minimum atomic E-state index is 0.723. The third-order valence-corrected chi connectivity index (χ3v) is 1.80. The summed E-state index contributed by atoms with van der Waals surface area (Å²) >= 11 is 0. The summed E-state index contributed by atoms with van der Waals surface area (Å²) in [4.78, 5) is 0. The highest BCUT2D eigenvalue weighted by Crippen LogP contribution is 2.04. The normalized spacial score (nSPS) is 11.0. The first-order chi connectivity index (χ1) is 5.77. The smallest absolute Gasteiger partial charge is 0.0839 e. The lowest BCUT2D eigenvalue weighted by atomic mass is 10.1. The lowest BCUT2D eigenvalue weighted by Crippen LogP contribution is -1.95. The molecule has 73 valence electrons. The van der Waals surface area contributed by atoms with Crippen molar-refractivity contribution in [1.82, 2.24) is 0 Å². The third kappa shape index (κ3) is 9.96. The zero-order valence-electron chi connectivity index (χ0n) is 8.81. The van der Waals surface area contributed by atoms with E-state index in [0.717, 1.165) is 18.9 Å². The van der Waals surface area contributed by atoms with Crippen LogP contribution in [0.4, 0.5) is 0 Å². The van der Waals surface area contributed by atoms with Gasteiger partial charge < -0.3 is 4.74 Å². The average Bonchev–Trinajstić information content (AvgIpc) is 2.02. The number of ether oxygens (including phenoxy) is 1. The minimum absolute atomic E-state index is 0.723. The van der Waals surface area contributed by atoms with Crippen LogP contribution in [0.15, 0.2) is 0 Å². The predicted octanol–water partition coefficient (Wildman–Crippen LogP) is 3.79. The Kier molecular flexibility index (Phi) is 9.02. The highest BCUT2D eigenvalue weighted by molar-refractivity contribution is 4.54. The molecule has 0 atom stereocenters. The molecule has 12 heavy (non-hydrogen) atoms. The molecule has 0 fully saturated rings. The van der Waals surface area contributed by atoms with Gasteiger partial charge in [-0.2, -0.15) is 0 Å². The van der Waals surface area contributed by atoms with Crippen LogP contribution in [-0.4, -0.2) is 6.61 Å². The van der Waals surface area contributed by atoms with Crippen LogP contribution in [0.2, 0.25) is 0 Å². The summed E-state index contributed by atoms with van der Waals surface area (Å²) in [7, 11) is 0. The van der Waals surface area contributed by atoms with Crippen LogP contribution in [0.1, 0.15) is 52.9 Å². The van der Waals surface area contributed by atoms with Crippen molar-refractivity contribution in [3.63, 3.8) is 0 Å². The van der Waals surface area contributed by atoms with Crippen molar-refractivity contribution >= 4 is 0 Å². The van der Waals surface area contributed by atoms with E-state index in [0.29, 0.717) is 0 Å². The van der Waals surface area contributed by atoms with E-state index in [2.05, 4.69) is 20.8 Å². The molecule has 0 aromatic carbocycles. The first-order valence-corrected chi connectivity index (χ1v) is 5.20. The average molecular weight is 171 g/mol. The molecule has 0 aliphatic heterocycles. The largest absolute Gasteiger partial charge is 0.376 e. The quantitative estimate of drug-likeness (QED) is 0.505. The summed E-state index contributed by atoms with van der Waals surface area (Å²) in [6, 6.07) is 0. The van der Waals surface area contributed by atoms with Gasteiger partial charge >= 0.3 is 0 Å². The van der Waals surface area contributed by atoms with Gasteiger partial charge in [0.1, 0.15) is 0 Å². The monoisotopic (exact) mass is 171 g/mol. The standard InChI is InChI=1S/C11H23O/c1-4-5-6-7-9-12-10-8-11(2)3/h10-11H,4-9H2,1-3H3. The fourth-order valence-corrected chi connectivity index (χ4v) is 0.956. The molecule has 0 aromatic rings. The highest BCUT2D eigenvalue weighted by atomic mass is 16.5. The molecule has 1 heteroatoms. The summed E-state index contributed by atoms with van der Waals surface area (Å²) in [5.74, 6) is 0.723. The molecule has 0 aliphatic carbocycles. The van der Waals surface area contributed by atoms with E-state index in [9.17, 15) is 0 Å². The Balaban J connectivity index is 2.82. The maximum Gasteiger partial charge on any atom is 0.0839 e. The molecule has 0 N–H and O–H groups in total. The Morgan fingerprint density at radius 2 is 1.92 bits per heavy atom. The van der Waals surface area contributed by atoms with Gasteiger partial charge in [0.15, 0.2) is 0 Å². The van der Waals surface area contributed by atoms with Crippen molar-refractivity contribution in [3.8, 4) is 0 Å². The van der Waals surface area contributed by atoms with E-state index >= 15 is 0 Å². The summed E-state index contributed by atoms with van der Waals surface area (Å²) in [6.07, 6.45) is 6.24. The Morgan fingerprint density at radius 1 is 1.17 bits per heavy atom. The van der Waals surface area contributed by atoms with Crippen LogP contribution in [-0.2, 0) is 4.74 Å². The molecule has 0 aromatic heterocycles. The van der Waals surface area contributed by atoms with Crippen molar-refractivity contribution in [2.24, 2.45) is 5.92 Å². The third-order valence-electron chi connectivity index (χ3n) is 1.80. The van der Waals surface area contributed by atoms with Crippen molar-refractivity contribution in [2.45, 2.75) is 52.9 Å². The molecule has 1 nitrogen and oxygen atoms in total. The lowest BCUT2D eigenvalue weighted by Gasteiger charge is -2.04. The van der Waals surface area contributed by atoms with Gasteiger partial charge in [-0.15, -0.1) is 0 Å². The van der Waals surface area contributed by atoms with Crippen LogP contribution < -0.4 is 0 Å². The van der Waals surface area contributed by atoms with Gasteiger partial charge in [-0.3, -0.25) is 0 Å². The van der Waals surface area contributed by atoms with E-state index in [-0.39, 0.29) is 0 Å². The fraction of sp³-hybridized carbons (Fsp3) is 0.909. The SMILES string of the molecule is CCCCCCO[CH]CC(C)C.